The zero-order valence-corrected chi connectivity index (χ0v) is 16.5. The Kier molecular flexibility index (Phi) is 7.25. The largest absolute Gasteiger partial charge is 0.386 e. The van der Waals surface area contributed by atoms with Crippen LogP contribution in [0.25, 0.3) is 0 Å². The molecule has 7 heteroatoms. The maximum absolute atomic E-state index is 13.8. The van der Waals surface area contributed by atoms with Crippen molar-refractivity contribution in [1.29, 1.82) is 0 Å². The smallest absolute Gasteiger partial charge is 0.225 e. The van der Waals surface area contributed by atoms with Crippen LogP contribution in [0.5, 0.6) is 0 Å². The molecule has 3 N–H and O–H groups in total. The summed E-state index contributed by atoms with van der Waals surface area (Å²) in [6, 6.07) is 6.33. The van der Waals surface area contributed by atoms with Crippen LogP contribution < -0.4 is 10.6 Å². The molecule has 2 unspecified atom stereocenters. The second-order valence-electron chi connectivity index (χ2n) is 7.65. The number of benzene rings is 1. The van der Waals surface area contributed by atoms with Crippen molar-refractivity contribution >= 4 is 11.9 Å². The molecule has 0 aromatic heterocycles. The van der Waals surface area contributed by atoms with Crippen molar-refractivity contribution in [1.82, 2.24) is 15.5 Å². The molecule has 0 bridgehead atoms. The summed E-state index contributed by atoms with van der Waals surface area (Å²) in [5, 5.41) is 16.8. The van der Waals surface area contributed by atoms with E-state index in [4.69, 9.17) is 0 Å². The van der Waals surface area contributed by atoms with Crippen LogP contribution in [0.1, 0.15) is 50.7 Å². The van der Waals surface area contributed by atoms with E-state index < -0.39 is 11.9 Å². The minimum Gasteiger partial charge on any atom is -0.386 e. The molecule has 2 atom stereocenters. The van der Waals surface area contributed by atoms with Crippen LogP contribution in [-0.2, 0) is 4.79 Å². The highest BCUT2D eigenvalue weighted by molar-refractivity contribution is 5.81. The van der Waals surface area contributed by atoms with Crippen molar-refractivity contribution < 1.29 is 14.3 Å². The third-order valence-corrected chi connectivity index (χ3v) is 5.58. The Morgan fingerprint density at radius 1 is 1.32 bits per heavy atom. The van der Waals surface area contributed by atoms with Crippen molar-refractivity contribution in [3.05, 3.63) is 35.6 Å². The number of carbonyl (C=O) groups excluding carboxylic acids is 1. The van der Waals surface area contributed by atoms with Gasteiger partial charge in [0.1, 0.15) is 11.9 Å². The molecule has 1 aromatic carbocycles. The molecule has 6 nitrogen and oxygen atoms in total. The fourth-order valence-electron chi connectivity index (χ4n) is 4.04. The number of halogens is 1. The first-order valence-corrected chi connectivity index (χ1v) is 10.3. The highest BCUT2D eigenvalue weighted by Gasteiger charge is 2.32. The molecule has 154 valence electrons. The van der Waals surface area contributed by atoms with Gasteiger partial charge < -0.3 is 20.6 Å². The standard InChI is InChI=1S/C21H31FN4O2/c1-2-23-21(24-13-19(27)17-9-5-6-10-18(17)22)25-16-11-12-26(14-16)20(28)15-7-3-4-8-15/h5-6,9-10,15-16,19,27H,2-4,7-8,11-14H2,1H3,(H2,23,24,25). The molecule has 1 aliphatic carbocycles. The van der Waals surface area contributed by atoms with Gasteiger partial charge in [-0.15, -0.1) is 0 Å². The number of aliphatic hydroxyl groups excluding tert-OH is 1. The van der Waals surface area contributed by atoms with E-state index in [2.05, 4.69) is 15.6 Å². The molecule has 2 aliphatic rings. The Balaban J connectivity index is 1.54. The average molecular weight is 391 g/mol. The van der Waals surface area contributed by atoms with Gasteiger partial charge in [0, 0.05) is 37.2 Å². The summed E-state index contributed by atoms with van der Waals surface area (Å²) in [5.41, 5.74) is 0.247. The van der Waals surface area contributed by atoms with Crippen molar-refractivity contribution in [2.75, 3.05) is 26.2 Å². The molecule has 0 radical (unpaired) electrons. The minimum atomic E-state index is -0.999. The average Bonchev–Trinajstić information content (AvgIpc) is 3.38. The van der Waals surface area contributed by atoms with Crippen LogP contribution in [0.15, 0.2) is 29.3 Å². The second kappa shape index (κ2) is 9.87. The lowest BCUT2D eigenvalue weighted by atomic mass is 10.1. The van der Waals surface area contributed by atoms with Gasteiger partial charge in [-0.2, -0.15) is 0 Å². The molecule has 0 spiro atoms. The Bertz CT molecular complexity index is 691. The van der Waals surface area contributed by atoms with Gasteiger partial charge in [-0.3, -0.25) is 9.79 Å². The number of carbonyl (C=O) groups is 1. The zero-order chi connectivity index (χ0) is 19.9. The Hall–Kier alpha value is -2.15. The first-order valence-electron chi connectivity index (χ1n) is 10.3. The van der Waals surface area contributed by atoms with Crippen LogP contribution in [0.3, 0.4) is 0 Å². The summed E-state index contributed by atoms with van der Waals surface area (Å²) in [6.45, 7) is 4.15. The monoisotopic (exact) mass is 390 g/mol. The fourth-order valence-corrected chi connectivity index (χ4v) is 4.04. The predicted molar refractivity (Wildman–Crippen MR) is 107 cm³/mol. The van der Waals surface area contributed by atoms with E-state index in [9.17, 15) is 14.3 Å². The first-order chi connectivity index (χ1) is 13.6. The number of aliphatic hydroxyl groups is 1. The van der Waals surface area contributed by atoms with Crippen LogP contribution in [0.2, 0.25) is 0 Å². The molecule has 1 aromatic rings. The molecule has 28 heavy (non-hydrogen) atoms. The van der Waals surface area contributed by atoms with E-state index in [1.54, 1.807) is 18.2 Å². The highest BCUT2D eigenvalue weighted by atomic mass is 19.1. The van der Waals surface area contributed by atoms with Crippen LogP contribution in [0, 0.1) is 11.7 Å². The van der Waals surface area contributed by atoms with Crippen molar-refractivity contribution in [2.45, 2.75) is 51.2 Å². The van der Waals surface area contributed by atoms with Crippen LogP contribution >= 0.6 is 0 Å². The lowest BCUT2D eigenvalue weighted by molar-refractivity contribution is -0.134. The van der Waals surface area contributed by atoms with Gasteiger partial charge in [0.15, 0.2) is 5.96 Å². The SMILES string of the molecule is CCNC(=NCC(O)c1ccccc1F)NC1CCN(C(=O)C2CCCC2)C1. The molecular formula is C21H31FN4O2. The summed E-state index contributed by atoms with van der Waals surface area (Å²) >= 11 is 0. The number of hydrogen-bond donors (Lipinski definition) is 3. The topological polar surface area (TPSA) is 77.0 Å². The number of aliphatic imine (C=N–C) groups is 1. The predicted octanol–water partition coefficient (Wildman–Crippen LogP) is 2.21. The molecule has 3 rings (SSSR count). The summed E-state index contributed by atoms with van der Waals surface area (Å²) in [5.74, 6) is 0.647. The van der Waals surface area contributed by atoms with Gasteiger partial charge in [0.2, 0.25) is 5.91 Å². The summed E-state index contributed by atoms with van der Waals surface area (Å²) in [4.78, 5) is 19.0. The molecule has 1 saturated carbocycles. The molecule has 2 fully saturated rings. The third-order valence-electron chi connectivity index (χ3n) is 5.58. The number of guanidine groups is 1. The Labute approximate surface area is 166 Å². The Morgan fingerprint density at radius 3 is 2.79 bits per heavy atom. The molecule has 1 aliphatic heterocycles. The van der Waals surface area contributed by atoms with E-state index in [0.717, 1.165) is 38.6 Å². The molecule has 1 amide bonds. The van der Waals surface area contributed by atoms with Gasteiger partial charge in [-0.25, -0.2) is 4.39 Å². The van der Waals surface area contributed by atoms with Crippen molar-refractivity contribution in [2.24, 2.45) is 10.9 Å². The fraction of sp³-hybridized carbons (Fsp3) is 0.619. The first kappa shape index (κ1) is 20.6. The number of amides is 1. The van der Waals surface area contributed by atoms with E-state index in [0.29, 0.717) is 25.0 Å². The molecular weight excluding hydrogens is 359 g/mol. The van der Waals surface area contributed by atoms with E-state index in [1.807, 2.05) is 11.8 Å². The number of rotatable bonds is 6. The van der Waals surface area contributed by atoms with Crippen molar-refractivity contribution in [3.8, 4) is 0 Å². The van der Waals surface area contributed by atoms with Gasteiger partial charge >= 0.3 is 0 Å². The van der Waals surface area contributed by atoms with Crippen molar-refractivity contribution in [3.63, 3.8) is 0 Å². The quantitative estimate of drug-likeness (QED) is 0.514. The zero-order valence-electron chi connectivity index (χ0n) is 16.5. The minimum absolute atomic E-state index is 0.0632. The van der Waals surface area contributed by atoms with Gasteiger partial charge in [0.25, 0.3) is 0 Å². The summed E-state index contributed by atoms with van der Waals surface area (Å²) in [6.07, 6.45) is 4.23. The maximum Gasteiger partial charge on any atom is 0.225 e. The lowest BCUT2D eigenvalue weighted by Crippen LogP contribution is -2.45. The van der Waals surface area contributed by atoms with E-state index in [-0.39, 0.29) is 24.1 Å². The number of likely N-dealkylation sites (tertiary alicyclic amines) is 1. The third kappa shape index (κ3) is 5.22. The van der Waals surface area contributed by atoms with Gasteiger partial charge in [-0.1, -0.05) is 31.0 Å². The number of nitrogens with one attached hydrogen (secondary N) is 2. The number of hydrogen-bond acceptors (Lipinski definition) is 3. The number of nitrogens with zero attached hydrogens (tertiary/aromatic N) is 2. The van der Waals surface area contributed by atoms with E-state index >= 15 is 0 Å². The van der Waals surface area contributed by atoms with Crippen LogP contribution in [-0.4, -0.2) is 54.1 Å². The van der Waals surface area contributed by atoms with Crippen LogP contribution in [0.4, 0.5) is 4.39 Å². The molecule has 1 saturated heterocycles. The van der Waals surface area contributed by atoms with E-state index in [1.165, 1.54) is 6.07 Å². The normalized spacial score (nSPS) is 21.8. The second-order valence-corrected chi connectivity index (χ2v) is 7.65. The van der Waals surface area contributed by atoms with Gasteiger partial charge in [0.05, 0.1) is 6.54 Å². The lowest BCUT2D eigenvalue weighted by Gasteiger charge is -2.21. The van der Waals surface area contributed by atoms with Gasteiger partial charge in [-0.05, 0) is 32.3 Å². The Morgan fingerprint density at radius 2 is 2.07 bits per heavy atom. The maximum atomic E-state index is 13.8. The highest BCUT2D eigenvalue weighted by Crippen LogP contribution is 2.27. The summed E-state index contributed by atoms with van der Waals surface area (Å²) in [7, 11) is 0. The summed E-state index contributed by atoms with van der Waals surface area (Å²) < 4.78 is 13.8. The molecule has 1 heterocycles.